The number of benzene rings is 3. The maximum Gasteiger partial charge on any atom is 0.261 e. The van der Waals surface area contributed by atoms with Crippen LogP contribution in [0.4, 0.5) is 0 Å². The van der Waals surface area contributed by atoms with E-state index in [2.05, 4.69) is 93.6 Å². The van der Waals surface area contributed by atoms with Crippen LogP contribution in [0.3, 0.4) is 0 Å². The van der Waals surface area contributed by atoms with Gasteiger partial charge >= 0.3 is 0 Å². The van der Waals surface area contributed by atoms with Gasteiger partial charge in [-0.1, -0.05) is 112 Å². The Kier molecular flexibility index (Phi) is 10.7. The summed E-state index contributed by atoms with van der Waals surface area (Å²) in [4.78, 5) is 12.5. The molecule has 3 aromatic carbocycles. The lowest BCUT2D eigenvalue weighted by Crippen LogP contribution is -2.66. The molecule has 4 rings (SSSR count). The Morgan fingerprint density at radius 2 is 1.23 bits per heavy atom. The van der Waals surface area contributed by atoms with Gasteiger partial charge in [-0.05, 0) is 46.7 Å². The topological polar surface area (TPSA) is 44.8 Å². The molecule has 0 spiro atoms. The van der Waals surface area contributed by atoms with E-state index in [1.165, 1.54) is 15.9 Å². The summed E-state index contributed by atoms with van der Waals surface area (Å²) in [6.45, 7) is 8.86. The average molecular weight is 545 g/mol. The monoisotopic (exact) mass is 544 g/mol. The van der Waals surface area contributed by atoms with Crippen LogP contribution in [-0.2, 0) is 25.3 Å². The highest BCUT2D eigenvalue weighted by molar-refractivity contribution is 6.99. The van der Waals surface area contributed by atoms with E-state index in [1.54, 1.807) is 0 Å². The summed E-state index contributed by atoms with van der Waals surface area (Å²) in [6, 6.07) is 31.7. The van der Waals surface area contributed by atoms with Crippen molar-refractivity contribution in [2.45, 2.75) is 83.1 Å². The molecule has 0 amide bonds. The van der Waals surface area contributed by atoms with E-state index in [4.69, 9.17) is 13.9 Å². The fourth-order valence-electron chi connectivity index (χ4n) is 5.77. The summed E-state index contributed by atoms with van der Waals surface area (Å²) < 4.78 is 19.2. The first-order valence-electron chi connectivity index (χ1n) is 14.4. The Bertz CT molecular complexity index is 1090. The van der Waals surface area contributed by atoms with Gasteiger partial charge < -0.3 is 13.9 Å². The fraction of sp³-hybridized carbons (Fsp3) is 0.441. The molecule has 5 heteroatoms. The molecule has 0 N–H and O–H groups in total. The molecular formula is C34H44O4Si. The van der Waals surface area contributed by atoms with E-state index in [9.17, 15) is 4.79 Å². The quantitative estimate of drug-likeness (QED) is 0.183. The lowest BCUT2D eigenvalue weighted by atomic mass is 9.97. The van der Waals surface area contributed by atoms with E-state index in [1.807, 2.05) is 18.2 Å². The zero-order chi connectivity index (χ0) is 27.6. The fourth-order valence-corrected chi connectivity index (χ4v) is 10.4. The number of ketones is 1. The Morgan fingerprint density at radius 1 is 0.744 bits per heavy atom. The van der Waals surface area contributed by atoms with E-state index in [-0.39, 0.29) is 17.2 Å². The summed E-state index contributed by atoms with van der Waals surface area (Å²) >= 11 is 0. The Hall–Kier alpha value is -2.57. The van der Waals surface area contributed by atoms with Gasteiger partial charge in [-0.2, -0.15) is 0 Å². The third-order valence-electron chi connectivity index (χ3n) is 7.63. The molecule has 1 fully saturated rings. The van der Waals surface area contributed by atoms with Gasteiger partial charge in [-0.15, -0.1) is 0 Å². The van der Waals surface area contributed by atoms with Crippen LogP contribution >= 0.6 is 0 Å². The first-order chi connectivity index (χ1) is 18.9. The van der Waals surface area contributed by atoms with Crippen LogP contribution in [0.5, 0.6) is 0 Å². The second-order valence-corrected chi connectivity index (χ2v) is 16.0. The highest BCUT2D eigenvalue weighted by Crippen LogP contribution is 2.37. The van der Waals surface area contributed by atoms with Gasteiger partial charge in [0, 0.05) is 26.1 Å². The first-order valence-corrected chi connectivity index (χ1v) is 16.3. The van der Waals surface area contributed by atoms with Crippen molar-refractivity contribution in [3.63, 3.8) is 0 Å². The minimum atomic E-state index is -2.53. The molecule has 1 heterocycles. The molecule has 0 aliphatic carbocycles. The van der Waals surface area contributed by atoms with Gasteiger partial charge in [-0.25, -0.2) is 0 Å². The van der Waals surface area contributed by atoms with Gasteiger partial charge in [0.25, 0.3) is 8.32 Å². The lowest BCUT2D eigenvalue weighted by Gasteiger charge is -2.43. The standard InChI is InChI=1S/C34H44O4Si/c1-34(2,3)39(32-19-9-5-10-20-32,33-21-11-6-12-22-33)37-24-14-18-31-26-29(35)25-30(38-31)17-13-23-36-27-28-15-7-4-8-16-28/h4-12,15-16,19-22,30-31H,13-14,17-18,23-27H2,1-3H3/t30-,31+/m1/s1. The van der Waals surface area contributed by atoms with E-state index in [0.717, 1.165) is 25.7 Å². The average Bonchev–Trinajstić information content (AvgIpc) is 2.93. The highest BCUT2D eigenvalue weighted by atomic mass is 28.4. The van der Waals surface area contributed by atoms with Crippen LogP contribution in [0.1, 0.15) is 64.9 Å². The van der Waals surface area contributed by atoms with Crippen molar-refractivity contribution in [3.8, 4) is 0 Å². The number of rotatable bonds is 13. The van der Waals surface area contributed by atoms with Crippen LogP contribution in [0.25, 0.3) is 0 Å². The Balaban J connectivity index is 1.29. The zero-order valence-corrected chi connectivity index (χ0v) is 24.8. The zero-order valence-electron chi connectivity index (χ0n) is 23.8. The van der Waals surface area contributed by atoms with Crippen molar-refractivity contribution in [1.82, 2.24) is 0 Å². The summed E-state index contributed by atoms with van der Waals surface area (Å²) in [7, 11) is -2.53. The molecule has 1 saturated heterocycles. The smallest absolute Gasteiger partial charge is 0.261 e. The summed E-state index contributed by atoms with van der Waals surface area (Å²) in [5.41, 5.74) is 1.18. The number of ether oxygens (including phenoxy) is 2. The second-order valence-electron chi connectivity index (χ2n) is 11.7. The number of Topliss-reactive ketones (excluding diaryl/α,β-unsaturated/α-hetero) is 1. The van der Waals surface area contributed by atoms with Crippen molar-refractivity contribution >= 4 is 24.5 Å². The maximum absolute atomic E-state index is 12.5. The molecule has 1 aliphatic rings. The number of hydrogen-bond acceptors (Lipinski definition) is 4. The predicted molar refractivity (Wildman–Crippen MR) is 161 cm³/mol. The van der Waals surface area contributed by atoms with Gasteiger partial charge in [0.2, 0.25) is 0 Å². The van der Waals surface area contributed by atoms with Gasteiger partial charge in [-0.3, -0.25) is 4.79 Å². The minimum Gasteiger partial charge on any atom is -0.407 e. The van der Waals surface area contributed by atoms with Crippen molar-refractivity contribution in [1.29, 1.82) is 0 Å². The molecule has 3 aromatic rings. The normalized spacial score (nSPS) is 18.3. The summed E-state index contributed by atoms with van der Waals surface area (Å²) in [5, 5.41) is 2.55. The molecule has 0 unspecified atom stereocenters. The Morgan fingerprint density at radius 3 is 1.74 bits per heavy atom. The minimum absolute atomic E-state index is 0.00540. The number of carbonyl (C=O) groups is 1. The highest BCUT2D eigenvalue weighted by Gasteiger charge is 2.50. The van der Waals surface area contributed by atoms with E-state index in [0.29, 0.717) is 38.4 Å². The molecule has 0 bridgehead atoms. The Labute approximate surface area is 235 Å². The maximum atomic E-state index is 12.5. The molecule has 39 heavy (non-hydrogen) atoms. The van der Waals surface area contributed by atoms with E-state index < -0.39 is 8.32 Å². The van der Waals surface area contributed by atoms with Gasteiger partial charge in [0.05, 0.1) is 18.8 Å². The van der Waals surface area contributed by atoms with Crippen molar-refractivity contribution in [2.24, 2.45) is 0 Å². The molecule has 208 valence electrons. The van der Waals surface area contributed by atoms with E-state index >= 15 is 0 Å². The number of carbonyl (C=O) groups excluding carboxylic acids is 1. The molecular weight excluding hydrogens is 500 g/mol. The third-order valence-corrected chi connectivity index (χ3v) is 12.7. The van der Waals surface area contributed by atoms with Crippen LogP contribution in [0, 0.1) is 0 Å². The third kappa shape index (κ3) is 7.98. The summed E-state index contributed by atoms with van der Waals surface area (Å²) in [6.07, 6.45) is 4.47. The SMILES string of the molecule is CC(C)(C)[Si](OCCC[C@H]1CC(=O)C[C@@H](CCCOCc2ccccc2)O1)(c1ccccc1)c1ccccc1. The first kappa shape index (κ1) is 29.4. The van der Waals surface area contributed by atoms with Crippen LogP contribution in [0.2, 0.25) is 5.04 Å². The predicted octanol–water partition coefficient (Wildman–Crippen LogP) is 6.46. The number of hydrogen-bond donors (Lipinski definition) is 0. The molecule has 0 radical (unpaired) electrons. The molecule has 0 aromatic heterocycles. The van der Waals surface area contributed by atoms with Crippen molar-refractivity contribution in [3.05, 3.63) is 96.6 Å². The van der Waals surface area contributed by atoms with Gasteiger partial charge in [0.15, 0.2) is 0 Å². The second kappa shape index (κ2) is 14.2. The van der Waals surface area contributed by atoms with Crippen LogP contribution < -0.4 is 10.4 Å². The molecule has 4 nitrogen and oxygen atoms in total. The lowest BCUT2D eigenvalue weighted by molar-refractivity contribution is -0.136. The van der Waals surface area contributed by atoms with Crippen LogP contribution in [0.15, 0.2) is 91.0 Å². The van der Waals surface area contributed by atoms with Crippen LogP contribution in [-0.4, -0.2) is 39.5 Å². The largest absolute Gasteiger partial charge is 0.407 e. The molecule has 2 atom stereocenters. The summed E-state index contributed by atoms with van der Waals surface area (Å²) in [5.74, 6) is 0.314. The van der Waals surface area contributed by atoms with Crippen molar-refractivity contribution in [2.75, 3.05) is 13.2 Å². The molecule has 0 saturated carbocycles. The van der Waals surface area contributed by atoms with Gasteiger partial charge in [0.1, 0.15) is 5.78 Å². The van der Waals surface area contributed by atoms with Crippen molar-refractivity contribution < 1.29 is 18.7 Å². The molecule has 1 aliphatic heterocycles.